The Morgan fingerprint density at radius 2 is 1.84 bits per heavy atom. The van der Waals surface area contributed by atoms with Gasteiger partial charge in [0.05, 0.1) is 19.3 Å². The number of carbonyl (C=O) groups excluding carboxylic acids is 2. The SMILES string of the molecule is CCOc1cc(C(=O)OCC(=O)Nc2ccccc2C)ccc1OC. The van der Waals surface area contributed by atoms with Crippen molar-refractivity contribution in [2.75, 3.05) is 25.6 Å². The molecule has 2 aromatic rings. The van der Waals surface area contributed by atoms with Gasteiger partial charge in [-0.2, -0.15) is 0 Å². The zero-order valence-corrected chi connectivity index (χ0v) is 14.5. The fourth-order valence-electron chi connectivity index (χ4n) is 2.19. The summed E-state index contributed by atoms with van der Waals surface area (Å²) in [4.78, 5) is 24.1. The van der Waals surface area contributed by atoms with Gasteiger partial charge in [0.25, 0.3) is 5.91 Å². The predicted molar refractivity (Wildman–Crippen MR) is 94.3 cm³/mol. The van der Waals surface area contributed by atoms with E-state index in [-0.39, 0.29) is 12.2 Å². The highest BCUT2D eigenvalue weighted by molar-refractivity contribution is 5.96. The molecule has 0 fully saturated rings. The lowest BCUT2D eigenvalue weighted by Crippen LogP contribution is -2.21. The van der Waals surface area contributed by atoms with E-state index in [1.807, 2.05) is 32.0 Å². The van der Waals surface area contributed by atoms with Gasteiger partial charge >= 0.3 is 5.97 Å². The molecule has 0 saturated heterocycles. The summed E-state index contributed by atoms with van der Waals surface area (Å²) in [7, 11) is 1.52. The van der Waals surface area contributed by atoms with E-state index in [0.717, 1.165) is 5.56 Å². The van der Waals surface area contributed by atoms with Gasteiger partial charge in [-0.1, -0.05) is 18.2 Å². The third-order valence-corrected chi connectivity index (χ3v) is 3.45. The minimum absolute atomic E-state index is 0.285. The van der Waals surface area contributed by atoms with E-state index in [0.29, 0.717) is 23.8 Å². The maximum absolute atomic E-state index is 12.1. The average Bonchev–Trinajstić information content (AvgIpc) is 2.62. The van der Waals surface area contributed by atoms with Gasteiger partial charge in [0.15, 0.2) is 18.1 Å². The number of nitrogens with one attached hydrogen (secondary N) is 1. The van der Waals surface area contributed by atoms with Gasteiger partial charge < -0.3 is 19.5 Å². The van der Waals surface area contributed by atoms with Crippen molar-refractivity contribution in [1.82, 2.24) is 0 Å². The summed E-state index contributed by atoms with van der Waals surface area (Å²) in [6.45, 7) is 3.78. The maximum atomic E-state index is 12.1. The molecule has 0 aliphatic heterocycles. The van der Waals surface area contributed by atoms with Gasteiger partial charge in [0.1, 0.15) is 0 Å². The van der Waals surface area contributed by atoms with Crippen LogP contribution in [0.3, 0.4) is 0 Å². The number of esters is 1. The highest BCUT2D eigenvalue weighted by atomic mass is 16.5. The fourth-order valence-corrected chi connectivity index (χ4v) is 2.19. The molecule has 0 aromatic heterocycles. The quantitative estimate of drug-likeness (QED) is 0.782. The number of rotatable bonds is 7. The van der Waals surface area contributed by atoms with E-state index in [9.17, 15) is 9.59 Å². The number of hydrogen-bond donors (Lipinski definition) is 1. The lowest BCUT2D eigenvalue weighted by Gasteiger charge is -2.11. The van der Waals surface area contributed by atoms with E-state index in [2.05, 4.69) is 5.32 Å². The van der Waals surface area contributed by atoms with Gasteiger partial charge in [0.2, 0.25) is 0 Å². The molecule has 0 unspecified atom stereocenters. The second-order valence-corrected chi connectivity index (χ2v) is 5.24. The number of anilines is 1. The standard InChI is InChI=1S/C19H21NO5/c1-4-24-17-11-14(9-10-16(17)23-3)19(22)25-12-18(21)20-15-8-6-5-7-13(15)2/h5-11H,4,12H2,1-3H3,(H,20,21). The summed E-state index contributed by atoms with van der Waals surface area (Å²) in [6, 6.07) is 12.1. The van der Waals surface area contributed by atoms with Crippen molar-refractivity contribution in [3.63, 3.8) is 0 Å². The molecule has 2 aromatic carbocycles. The van der Waals surface area contributed by atoms with E-state index in [1.165, 1.54) is 13.2 Å². The number of amides is 1. The topological polar surface area (TPSA) is 73.9 Å². The highest BCUT2D eigenvalue weighted by Gasteiger charge is 2.14. The Bertz CT molecular complexity index is 757. The van der Waals surface area contributed by atoms with E-state index in [1.54, 1.807) is 18.2 Å². The first-order valence-electron chi connectivity index (χ1n) is 7.88. The molecular formula is C19H21NO5. The van der Waals surface area contributed by atoms with Crippen LogP contribution in [0.2, 0.25) is 0 Å². The smallest absolute Gasteiger partial charge is 0.338 e. The van der Waals surface area contributed by atoms with Crippen LogP contribution >= 0.6 is 0 Å². The Labute approximate surface area is 146 Å². The molecule has 1 N–H and O–H groups in total. The Morgan fingerprint density at radius 1 is 1.08 bits per heavy atom. The van der Waals surface area contributed by atoms with E-state index < -0.39 is 11.9 Å². The summed E-state index contributed by atoms with van der Waals surface area (Å²) in [5.41, 5.74) is 1.90. The number of carbonyl (C=O) groups is 2. The minimum atomic E-state index is -0.608. The van der Waals surface area contributed by atoms with Crippen LogP contribution < -0.4 is 14.8 Å². The molecule has 2 rings (SSSR count). The minimum Gasteiger partial charge on any atom is -0.493 e. The predicted octanol–water partition coefficient (Wildman–Crippen LogP) is 3.20. The molecule has 0 heterocycles. The van der Waals surface area contributed by atoms with Crippen LogP contribution in [0.1, 0.15) is 22.8 Å². The summed E-state index contributed by atoms with van der Waals surface area (Å²) in [6.07, 6.45) is 0. The lowest BCUT2D eigenvalue weighted by molar-refractivity contribution is -0.119. The molecule has 6 nitrogen and oxygen atoms in total. The van der Waals surface area contributed by atoms with Crippen molar-refractivity contribution in [2.45, 2.75) is 13.8 Å². The van der Waals surface area contributed by atoms with Crippen molar-refractivity contribution < 1.29 is 23.8 Å². The second kappa shape index (κ2) is 8.73. The maximum Gasteiger partial charge on any atom is 0.338 e. The van der Waals surface area contributed by atoms with Crippen molar-refractivity contribution >= 4 is 17.6 Å². The molecule has 0 spiro atoms. The zero-order valence-electron chi connectivity index (χ0n) is 14.5. The van der Waals surface area contributed by atoms with Crippen LogP contribution in [0.25, 0.3) is 0 Å². The fraction of sp³-hybridized carbons (Fsp3) is 0.263. The molecule has 0 atom stereocenters. The highest BCUT2D eigenvalue weighted by Crippen LogP contribution is 2.28. The Kier molecular flexibility index (Phi) is 6.39. The molecule has 0 aliphatic rings. The largest absolute Gasteiger partial charge is 0.493 e. The van der Waals surface area contributed by atoms with Gasteiger partial charge in [-0.25, -0.2) is 4.79 Å². The molecule has 0 bridgehead atoms. The number of ether oxygens (including phenoxy) is 3. The molecule has 132 valence electrons. The van der Waals surface area contributed by atoms with Gasteiger partial charge in [-0.3, -0.25) is 4.79 Å². The molecule has 25 heavy (non-hydrogen) atoms. The van der Waals surface area contributed by atoms with Crippen molar-refractivity contribution in [1.29, 1.82) is 0 Å². The Balaban J connectivity index is 1.96. The van der Waals surface area contributed by atoms with Crippen LogP contribution in [0.5, 0.6) is 11.5 Å². The molecule has 0 saturated carbocycles. The third kappa shape index (κ3) is 4.97. The van der Waals surface area contributed by atoms with Crippen molar-refractivity contribution in [3.05, 3.63) is 53.6 Å². The molecule has 1 amide bonds. The molecular weight excluding hydrogens is 322 g/mol. The van der Waals surface area contributed by atoms with Gasteiger partial charge in [0, 0.05) is 5.69 Å². The monoisotopic (exact) mass is 343 g/mol. The normalized spacial score (nSPS) is 10.0. The van der Waals surface area contributed by atoms with Gasteiger partial charge in [-0.05, 0) is 43.7 Å². The number of hydrogen-bond acceptors (Lipinski definition) is 5. The number of benzene rings is 2. The van der Waals surface area contributed by atoms with Crippen LogP contribution in [0.4, 0.5) is 5.69 Å². The summed E-state index contributed by atoms with van der Waals surface area (Å²) < 4.78 is 15.7. The van der Waals surface area contributed by atoms with Crippen LogP contribution in [0.15, 0.2) is 42.5 Å². The lowest BCUT2D eigenvalue weighted by atomic mass is 10.2. The zero-order chi connectivity index (χ0) is 18.2. The number of aryl methyl sites for hydroxylation is 1. The van der Waals surface area contributed by atoms with Gasteiger partial charge in [-0.15, -0.1) is 0 Å². The first-order chi connectivity index (χ1) is 12.0. The summed E-state index contributed by atoms with van der Waals surface area (Å²) in [5.74, 6) is -0.0377. The Hall–Kier alpha value is -3.02. The summed E-state index contributed by atoms with van der Waals surface area (Å²) in [5, 5.41) is 2.71. The second-order valence-electron chi connectivity index (χ2n) is 5.24. The Morgan fingerprint density at radius 3 is 2.52 bits per heavy atom. The van der Waals surface area contributed by atoms with E-state index in [4.69, 9.17) is 14.2 Å². The van der Waals surface area contributed by atoms with Crippen molar-refractivity contribution in [3.8, 4) is 11.5 Å². The number of methoxy groups -OCH3 is 1. The van der Waals surface area contributed by atoms with Crippen molar-refractivity contribution in [2.24, 2.45) is 0 Å². The first-order valence-corrected chi connectivity index (χ1v) is 7.88. The molecule has 0 radical (unpaired) electrons. The number of para-hydroxylation sites is 1. The van der Waals surface area contributed by atoms with Crippen LogP contribution in [-0.4, -0.2) is 32.2 Å². The molecule has 0 aliphatic carbocycles. The summed E-state index contributed by atoms with van der Waals surface area (Å²) >= 11 is 0. The van der Waals surface area contributed by atoms with Crippen LogP contribution in [0, 0.1) is 6.92 Å². The van der Waals surface area contributed by atoms with E-state index >= 15 is 0 Å². The third-order valence-electron chi connectivity index (χ3n) is 3.45. The van der Waals surface area contributed by atoms with Crippen LogP contribution in [-0.2, 0) is 9.53 Å². The first kappa shape index (κ1) is 18.3. The average molecular weight is 343 g/mol. The molecule has 6 heteroatoms.